The van der Waals surface area contributed by atoms with E-state index >= 15 is 0 Å². The Morgan fingerprint density at radius 1 is 1.17 bits per heavy atom. The lowest BCUT2D eigenvalue weighted by Gasteiger charge is -2.35. The van der Waals surface area contributed by atoms with Gasteiger partial charge < -0.3 is 9.64 Å². The van der Waals surface area contributed by atoms with Crippen molar-refractivity contribution in [1.82, 2.24) is 34.3 Å². The molecule has 4 heterocycles. The molecule has 1 atom stereocenters. The summed E-state index contributed by atoms with van der Waals surface area (Å²) in [5, 5.41) is 9.11. The molecule has 1 saturated heterocycles. The molecule has 0 amide bonds. The molecule has 9 heteroatoms. The van der Waals surface area contributed by atoms with Crippen LogP contribution in [-0.4, -0.2) is 54.1 Å². The molecule has 29 heavy (non-hydrogen) atoms. The molecule has 0 N–H and O–H groups in total. The third kappa shape index (κ3) is 3.44. The number of benzene rings is 1. The van der Waals surface area contributed by atoms with Gasteiger partial charge in [0.05, 0.1) is 19.8 Å². The van der Waals surface area contributed by atoms with Crippen LogP contribution >= 0.6 is 0 Å². The Labute approximate surface area is 168 Å². The molecular formula is C20H22N8O. The Bertz CT molecular complexity index is 1110. The highest BCUT2D eigenvalue weighted by Gasteiger charge is 2.30. The summed E-state index contributed by atoms with van der Waals surface area (Å²) in [6, 6.07) is 12.2. The number of nitrogens with zero attached hydrogens (tertiary/aromatic N) is 8. The molecule has 1 aliphatic heterocycles. The minimum Gasteiger partial charge on any atom is -0.377 e. The van der Waals surface area contributed by atoms with Crippen molar-refractivity contribution in [3.63, 3.8) is 0 Å². The molecule has 0 bridgehead atoms. The Morgan fingerprint density at radius 2 is 2.07 bits per heavy atom. The van der Waals surface area contributed by atoms with Gasteiger partial charge in [-0.1, -0.05) is 37.3 Å². The SMILES string of the molecule is CCc1cc(N2CCOC[C@H]2c2ncn(Cc3ccccc3)n2)n2ncnc2n1. The van der Waals surface area contributed by atoms with Crippen LogP contribution in [0.15, 0.2) is 49.1 Å². The number of hydrogen-bond donors (Lipinski definition) is 0. The minimum atomic E-state index is -0.0970. The quantitative estimate of drug-likeness (QED) is 0.514. The maximum absolute atomic E-state index is 5.77. The van der Waals surface area contributed by atoms with Crippen molar-refractivity contribution in [2.24, 2.45) is 0 Å². The van der Waals surface area contributed by atoms with E-state index in [2.05, 4.69) is 50.1 Å². The van der Waals surface area contributed by atoms with Crippen molar-refractivity contribution in [3.05, 3.63) is 66.1 Å². The molecule has 5 rings (SSSR count). The minimum absolute atomic E-state index is 0.0970. The first kappa shape index (κ1) is 17.7. The van der Waals surface area contributed by atoms with Crippen LogP contribution in [-0.2, 0) is 17.7 Å². The van der Waals surface area contributed by atoms with Gasteiger partial charge in [-0.25, -0.2) is 14.6 Å². The lowest BCUT2D eigenvalue weighted by molar-refractivity contribution is 0.0910. The van der Waals surface area contributed by atoms with E-state index in [1.54, 1.807) is 10.8 Å². The molecule has 3 aromatic heterocycles. The molecule has 0 saturated carbocycles. The zero-order chi connectivity index (χ0) is 19.6. The van der Waals surface area contributed by atoms with E-state index in [1.807, 2.05) is 22.9 Å². The highest BCUT2D eigenvalue weighted by Crippen LogP contribution is 2.28. The maximum Gasteiger partial charge on any atom is 0.254 e. The molecular weight excluding hydrogens is 368 g/mol. The maximum atomic E-state index is 5.77. The lowest BCUT2D eigenvalue weighted by atomic mass is 10.2. The predicted molar refractivity (Wildman–Crippen MR) is 107 cm³/mol. The third-order valence-corrected chi connectivity index (χ3v) is 5.11. The highest BCUT2D eigenvalue weighted by molar-refractivity contribution is 5.49. The molecule has 0 spiro atoms. The monoisotopic (exact) mass is 390 g/mol. The number of anilines is 1. The van der Waals surface area contributed by atoms with E-state index in [1.165, 1.54) is 11.9 Å². The number of hydrogen-bond acceptors (Lipinski definition) is 7. The van der Waals surface area contributed by atoms with E-state index < -0.39 is 0 Å². The molecule has 0 unspecified atom stereocenters. The zero-order valence-corrected chi connectivity index (χ0v) is 16.2. The van der Waals surface area contributed by atoms with Crippen LogP contribution in [0.2, 0.25) is 0 Å². The first-order chi connectivity index (χ1) is 14.3. The smallest absolute Gasteiger partial charge is 0.254 e. The molecule has 1 aliphatic rings. The summed E-state index contributed by atoms with van der Waals surface area (Å²) < 4.78 is 9.42. The normalized spacial score (nSPS) is 17.1. The van der Waals surface area contributed by atoms with Gasteiger partial charge >= 0.3 is 0 Å². The van der Waals surface area contributed by atoms with E-state index in [-0.39, 0.29) is 6.04 Å². The van der Waals surface area contributed by atoms with Crippen LogP contribution in [0.1, 0.15) is 30.0 Å². The van der Waals surface area contributed by atoms with Crippen molar-refractivity contribution in [2.45, 2.75) is 25.9 Å². The number of rotatable bonds is 5. The Morgan fingerprint density at radius 3 is 2.93 bits per heavy atom. The number of aromatic nitrogens is 7. The number of fused-ring (bicyclic) bond motifs is 1. The Kier molecular flexibility index (Phi) is 4.65. The fourth-order valence-electron chi connectivity index (χ4n) is 3.63. The summed E-state index contributed by atoms with van der Waals surface area (Å²) in [6.45, 7) is 4.66. The second kappa shape index (κ2) is 7.59. The summed E-state index contributed by atoms with van der Waals surface area (Å²) in [5.41, 5.74) is 2.17. The molecule has 148 valence electrons. The van der Waals surface area contributed by atoms with Gasteiger partial charge in [0, 0.05) is 18.3 Å². The predicted octanol–water partition coefficient (Wildman–Crippen LogP) is 1.90. The van der Waals surface area contributed by atoms with Gasteiger partial charge in [0.15, 0.2) is 5.82 Å². The Balaban J connectivity index is 1.48. The first-order valence-electron chi connectivity index (χ1n) is 9.79. The fourth-order valence-corrected chi connectivity index (χ4v) is 3.63. The Hall–Kier alpha value is -3.33. The van der Waals surface area contributed by atoms with Crippen molar-refractivity contribution < 1.29 is 4.74 Å². The molecule has 0 aliphatic carbocycles. The van der Waals surface area contributed by atoms with Gasteiger partial charge in [0.25, 0.3) is 5.78 Å². The van der Waals surface area contributed by atoms with Crippen molar-refractivity contribution in [3.8, 4) is 0 Å². The van der Waals surface area contributed by atoms with Crippen LogP contribution < -0.4 is 4.90 Å². The summed E-state index contributed by atoms with van der Waals surface area (Å²) in [5.74, 6) is 2.29. The molecule has 0 radical (unpaired) electrons. The van der Waals surface area contributed by atoms with Crippen LogP contribution in [0.25, 0.3) is 5.78 Å². The standard InChI is InChI=1S/C20H22N8O/c1-2-16-10-18(28-20(24-16)21-13-23-28)27-8-9-29-12-17(27)19-22-14-26(25-19)11-15-6-4-3-5-7-15/h3-7,10,13-14,17H,2,8-9,11-12H2,1H3/t17-/m0/s1. The second-order valence-corrected chi connectivity index (χ2v) is 7.00. The van der Waals surface area contributed by atoms with Crippen molar-refractivity contribution in [1.29, 1.82) is 0 Å². The van der Waals surface area contributed by atoms with Crippen molar-refractivity contribution >= 4 is 11.6 Å². The zero-order valence-electron chi connectivity index (χ0n) is 16.2. The molecule has 1 aromatic carbocycles. The van der Waals surface area contributed by atoms with E-state index in [0.29, 0.717) is 25.5 Å². The summed E-state index contributed by atoms with van der Waals surface area (Å²) in [7, 11) is 0. The lowest BCUT2D eigenvalue weighted by Crippen LogP contribution is -2.41. The fraction of sp³-hybridized carbons (Fsp3) is 0.350. The number of aryl methyl sites for hydroxylation is 1. The van der Waals surface area contributed by atoms with Crippen LogP contribution in [0.3, 0.4) is 0 Å². The molecule has 9 nitrogen and oxygen atoms in total. The van der Waals surface area contributed by atoms with Gasteiger partial charge in [0.1, 0.15) is 24.5 Å². The van der Waals surface area contributed by atoms with E-state index in [0.717, 1.165) is 30.3 Å². The van der Waals surface area contributed by atoms with Crippen LogP contribution in [0.4, 0.5) is 5.82 Å². The average Bonchev–Trinajstić information content (AvgIpc) is 3.43. The van der Waals surface area contributed by atoms with Gasteiger partial charge in [-0.3, -0.25) is 0 Å². The molecule has 4 aromatic rings. The first-order valence-corrected chi connectivity index (χ1v) is 9.79. The van der Waals surface area contributed by atoms with Crippen LogP contribution in [0.5, 0.6) is 0 Å². The van der Waals surface area contributed by atoms with Gasteiger partial charge in [-0.2, -0.15) is 19.7 Å². The summed E-state index contributed by atoms with van der Waals surface area (Å²) >= 11 is 0. The second-order valence-electron chi connectivity index (χ2n) is 7.00. The number of morpholine rings is 1. The van der Waals surface area contributed by atoms with Crippen molar-refractivity contribution in [2.75, 3.05) is 24.7 Å². The summed E-state index contributed by atoms with van der Waals surface area (Å²) in [4.78, 5) is 15.7. The largest absolute Gasteiger partial charge is 0.377 e. The van der Waals surface area contributed by atoms with E-state index in [4.69, 9.17) is 9.84 Å². The van der Waals surface area contributed by atoms with Gasteiger partial charge in [-0.05, 0) is 12.0 Å². The topological polar surface area (TPSA) is 86.3 Å². The third-order valence-electron chi connectivity index (χ3n) is 5.11. The van der Waals surface area contributed by atoms with Crippen LogP contribution in [0, 0.1) is 0 Å². The molecule has 1 fully saturated rings. The number of ether oxygens (including phenoxy) is 1. The van der Waals surface area contributed by atoms with E-state index in [9.17, 15) is 0 Å². The van der Waals surface area contributed by atoms with Gasteiger partial charge in [0.2, 0.25) is 0 Å². The highest BCUT2D eigenvalue weighted by atomic mass is 16.5. The summed E-state index contributed by atoms with van der Waals surface area (Å²) in [6.07, 6.45) is 4.15. The van der Waals surface area contributed by atoms with Gasteiger partial charge in [-0.15, -0.1) is 0 Å². The average molecular weight is 390 g/mol.